The molecular weight excluding hydrogens is 252 g/mol. The van der Waals surface area contributed by atoms with Crippen molar-refractivity contribution in [1.82, 2.24) is 29.9 Å². The number of aromatic nitrogens is 6. The van der Waals surface area contributed by atoms with Gasteiger partial charge >= 0.3 is 0 Å². The molecule has 1 N–H and O–H groups in total. The van der Waals surface area contributed by atoms with E-state index in [1.54, 1.807) is 12.4 Å². The zero-order valence-corrected chi connectivity index (χ0v) is 10.5. The van der Waals surface area contributed by atoms with Crippen LogP contribution in [-0.2, 0) is 6.54 Å². The Morgan fingerprint density at radius 3 is 3.06 bits per heavy atom. The van der Waals surface area contributed by atoms with Crippen LogP contribution in [-0.4, -0.2) is 29.9 Å². The lowest BCUT2D eigenvalue weighted by atomic mass is 10.2. The second-order valence-corrected chi connectivity index (χ2v) is 4.30. The smallest absolute Gasteiger partial charge is 0.224 e. The average Bonchev–Trinajstić information content (AvgIpc) is 2.96. The second kappa shape index (κ2) is 4.38. The predicted molar refractivity (Wildman–Crippen MR) is 68.2 cm³/mol. The van der Waals surface area contributed by atoms with Crippen LogP contribution < -0.4 is 0 Å². The number of halogens is 1. The fourth-order valence-electron chi connectivity index (χ4n) is 1.86. The van der Waals surface area contributed by atoms with Crippen molar-refractivity contribution in [2.24, 2.45) is 0 Å². The van der Waals surface area contributed by atoms with Crippen molar-refractivity contribution in [2.45, 2.75) is 19.9 Å². The van der Waals surface area contributed by atoms with Crippen LogP contribution in [0.4, 0.5) is 0 Å². The number of H-pyrrole nitrogens is 1. The lowest BCUT2D eigenvalue weighted by molar-refractivity contribution is 0.603. The Balaban J connectivity index is 2.14. The normalized spacial score (nSPS) is 11.2. The summed E-state index contributed by atoms with van der Waals surface area (Å²) < 4.78 is 1.89. The minimum absolute atomic E-state index is 0.199. The van der Waals surface area contributed by atoms with Gasteiger partial charge in [-0.2, -0.15) is 15.2 Å². The Kier molecular flexibility index (Phi) is 2.71. The number of rotatable bonds is 3. The van der Waals surface area contributed by atoms with E-state index in [9.17, 15) is 0 Å². The molecular formula is C11H11ClN6. The van der Waals surface area contributed by atoms with Crippen LogP contribution in [0.25, 0.3) is 22.3 Å². The molecule has 0 spiro atoms. The molecule has 92 valence electrons. The lowest BCUT2D eigenvalue weighted by Crippen LogP contribution is -1.95. The molecule has 0 bridgehead atoms. The molecule has 7 heteroatoms. The highest BCUT2D eigenvalue weighted by Gasteiger charge is 2.12. The molecule has 0 aliphatic carbocycles. The molecule has 0 aliphatic heterocycles. The van der Waals surface area contributed by atoms with Crippen LogP contribution in [0.3, 0.4) is 0 Å². The van der Waals surface area contributed by atoms with Crippen molar-refractivity contribution in [3.8, 4) is 11.3 Å². The SMILES string of the molecule is CCCn1cc(-c2nc(Cl)nc3[nH]ncc23)cn1. The Labute approximate surface area is 108 Å². The van der Waals surface area contributed by atoms with Crippen LogP contribution in [0.5, 0.6) is 0 Å². The van der Waals surface area contributed by atoms with E-state index >= 15 is 0 Å². The zero-order valence-electron chi connectivity index (χ0n) is 9.76. The van der Waals surface area contributed by atoms with Crippen LogP contribution >= 0.6 is 11.6 Å². The molecule has 0 fully saturated rings. The van der Waals surface area contributed by atoms with E-state index in [1.807, 2.05) is 10.9 Å². The van der Waals surface area contributed by atoms with Gasteiger partial charge in [0.1, 0.15) is 0 Å². The minimum Gasteiger partial charge on any atom is -0.272 e. The van der Waals surface area contributed by atoms with Crippen molar-refractivity contribution in [3.05, 3.63) is 23.9 Å². The van der Waals surface area contributed by atoms with Gasteiger partial charge in [-0.25, -0.2) is 4.98 Å². The van der Waals surface area contributed by atoms with Crippen molar-refractivity contribution >= 4 is 22.6 Å². The maximum Gasteiger partial charge on any atom is 0.224 e. The second-order valence-electron chi connectivity index (χ2n) is 3.97. The molecule has 6 nitrogen and oxygen atoms in total. The highest BCUT2D eigenvalue weighted by Crippen LogP contribution is 2.25. The van der Waals surface area contributed by atoms with E-state index in [2.05, 4.69) is 32.2 Å². The van der Waals surface area contributed by atoms with Gasteiger partial charge in [0.2, 0.25) is 5.28 Å². The third-order valence-corrected chi connectivity index (χ3v) is 2.81. The molecule has 3 aromatic rings. The van der Waals surface area contributed by atoms with Gasteiger partial charge in [0.05, 0.1) is 23.5 Å². The van der Waals surface area contributed by atoms with Crippen molar-refractivity contribution in [1.29, 1.82) is 0 Å². The first kappa shape index (κ1) is 11.2. The van der Waals surface area contributed by atoms with Gasteiger partial charge in [0, 0.05) is 18.3 Å². The summed E-state index contributed by atoms with van der Waals surface area (Å²) in [6.45, 7) is 2.99. The number of fused-ring (bicyclic) bond motifs is 1. The van der Waals surface area contributed by atoms with Crippen molar-refractivity contribution in [2.75, 3.05) is 0 Å². The monoisotopic (exact) mass is 262 g/mol. The summed E-state index contributed by atoms with van der Waals surface area (Å²) >= 11 is 5.90. The number of nitrogens with zero attached hydrogens (tertiary/aromatic N) is 5. The van der Waals surface area contributed by atoms with Crippen LogP contribution in [0, 0.1) is 0 Å². The van der Waals surface area contributed by atoms with Gasteiger partial charge in [0.15, 0.2) is 5.65 Å². The summed E-state index contributed by atoms with van der Waals surface area (Å²) in [5.74, 6) is 0. The summed E-state index contributed by atoms with van der Waals surface area (Å²) in [5.41, 5.74) is 2.30. The Morgan fingerprint density at radius 2 is 2.22 bits per heavy atom. The molecule has 0 amide bonds. The molecule has 3 heterocycles. The predicted octanol–water partition coefficient (Wildman–Crippen LogP) is 2.28. The van der Waals surface area contributed by atoms with Gasteiger partial charge in [-0.15, -0.1) is 0 Å². The Bertz CT molecular complexity index is 686. The van der Waals surface area contributed by atoms with Crippen LogP contribution in [0.15, 0.2) is 18.6 Å². The molecule has 0 aliphatic rings. The van der Waals surface area contributed by atoms with E-state index in [1.165, 1.54) is 0 Å². The lowest BCUT2D eigenvalue weighted by Gasteiger charge is -1.99. The topological polar surface area (TPSA) is 72.3 Å². The van der Waals surface area contributed by atoms with Crippen molar-refractivity contribution < 1.29 is 0 Å². The first-order valence-corrected chi connectivity index (χ1v) is 6.05. The summed E-state index contributed by atoms with van der Waals surface area (Å²) in [6.07, 6.45) is 6.46. The Hall–Kier alpha value is -1.95. The molecule has 0 unspecified atom stereocenters. The third-order valence-electron chi connectivity index (χ3n) is 2.64. The van der Waals surface area contributed by atoms with Gasteiger partial charge in [-0.3, -0.25) is 9.78 Å². The first-order valence-electron chi connectivity index (χ1n) is 5.67. The van der Waals surface area contributed by atoms with E-state index in [4.69, 9.17) is 11.6 Å². The van der Waals surface area contributed by atoms with E-state index in [-0.39, 0.29) is 5.28 Å². The number of aryl methyl sites for hydroxylation is 1. The summed E-state index contributed by atoms with van der Waals surface area (Å²) in [6, 6.07) is 0. The summed E-state index contributed by atoms with van der Waals surface area (Å²) in [7, 11) is 0. The summed E-state index contributed by atoms with van der Waals surface area (Å²) in [4.78, 5) is 8.33. The number of hydrogen-bond acceptors (Lipinski definition) is 4. The number of nitrogens with one attached hydrogen (secondary N) is 1. The highest BCUT2D eigenvalue weighted by atomic mass is 35.5. The largest absolute Gasteiger partial charge is 0.272 e. The molecule has 0 aromatic carbocycles. The maximum absolute atomic E-state index is 5.90. The van der Waals surface area contributed by atoms with Crippen molar-refractivity contribution in [3.63, 3.8) is 0 Å². The molecule has 18 heavy (non-hydrogen) atoms. The molecule has 0 saturated carbocycles. The molecule has 0 atom stereocenters. The first-order chi connectivity index (χ1) is 8.78. The van der Waals surface area contributed by atoms with Crippen LogP contribution in [0.1, 0.15) is 13.3 Å². The van der Waals surface area contributed by atoms with Gasteiger partial charge in [-0.1, -0.05) is 6.92 Å². The quantitative estimate of drug-likeness (QED) is 0.735. The number of hydrogen-bond donors (Lipinski definition) is 1. The third kappa shape index (κ3) is 1.84. The van der Waals surface area contributed by atoms with E-state index < -0.39 is 0 Å². The minimum atomic E-state index is 0.199. The Morgan fingerprint density at radius 1 is 1.33 bits per heavy atom. The summed E-state index contributed by atoms with van der Waals surface area (Å²) in [5, 5.41) is 12.1. The van der Waals surface area contributed by atoms with Gasteiger partial charge in [-0.05, 0) is 18.0 Å². The van der Waals surface area contributed by atoms with Gasteiger partial charge in [0.25, 0.3) is 0 Å². The van der Waals surface area contributed by atoms with Crippen LogP contribution in [0.2, 0.25) is 5.28 Å². The zero-order chi connectivity index (χ0) is 12.5. The number of aromatic amines is 1. The molecule has 3 rings (SSSR count). The fourth-order valence-corrected chi connectivity index (χ4v) is 2.03. The van der Waals surface area contributed by atoms with E-state index in [0.29, 0.717) is 5.65 Å². The standard InChI is InChI=1S/C11H11ClN6/c1-2-3-18-6-7(4-14-18)9-8-5-13-17-10(8)16-11(12)15-9/h4-6H,2-3H2,1H3,(H,13,15,16,17). The van der Waals surface area contributed by atoms with Gasteiger partial charge < -0.3 is 0 Å². The van der Waals surface area contributed by atoms with E-state index in [0.717, 1.165) is 29.6 Å². The molecule has 0 radical (unpaired) electrons. The fraction of sp³-hybridized carbons (Fsp3) is 0.273. The highest BCUT2D eigenvalue weighted by molar-refractivity contribution is 6.28. The molecule has 3 aromatic heterocycles. The maximum atomic E-state index is 5.90. The average molecular weight is 263 g/mol. The molecule has 0 saturated heterocycles.